The Balaban J connectivity index is 1.79. The molecule has 0 saturated carbocycles. The van der Waals surface area contributed by atoms with Gasteiger partial charge in [-0.25, -0.2) is 9.78 Å². The van der Waals surface area contributed by atoms with Gasteiger partial charge in [-0.15, -0.1) is 0 Å². The fraction of sp³-hybridized carbons (Fsp3) is 0.125. The predicted octanol–water partition coefficient (Wildman–Crippen LogP) is 3.86. The first kappa shape index (κ1) is 15.6. The second kappa shape index (κ2) is 6.86. The van der Waals surface area contributed by atoms with Crippen LogP contribution in [0.3, 0.4) is 0 Å². The summed E-state index contributed by atoms with van der Waals surface area (Å²) in [6.07, 6.45) is 4.02. The van der Waals surface area contributed by atoms with Crippen LogP contribution in [-0.2, 0) is 9.53 Å². The van der Waals surface area contributed by atoms with Crippen molar-refractivity contribution in [1.82, 2.24) is 9.38 Å². The lowest BCUT2D eigenvalue weighted by Crippen LogP contribution is -2.03. The van der Waals surface area contributed by atoms with E-state index in [-0.39, 0.29) is 6.54 Å². The van der Waals surface area contributed by atoms with Crippen molar-refractivity contribution in [2.45, 2.75) is 0 Å². The van der Waals surface area contributed by atoms with Crippen LogP contribution in [0, 0.1) is 3.57 Å². The lowest BCUT2D eigenvalue weighted by molar-refractivity contribution is -0.138. The second-order valence-corrected chi connectivity index (χ2v) is 6.01. The van der Waals surface area contributed by atoms with Crippen molar-refractivity contribution in [3.05, 3.63) is 52.4 Å². The molecule has 1 aromatic carbocycles. The van der Waals surface area contributed by atoms with E-state index in [0.29, 0.717) is 5.69 Å². The fourth-order valence-electron chi connectivity index (χ4n) is 2.04. The molecule has 0 aliphatic heterocycles. The summed E-state index contributed by atoms with van der Waals surface area (Å²) in [4.78, 5) is 15.6. The minimum atomic E-state index is -0.412. The highest BCUT2D eigenvalue weighted by Gasteiger charge is 2.05. The maximum Gasteiger partial charge on any atom is 0.329 e. The Bertz CT molecular complexity index is 871. The first-order chi connectivity index (χ1) is 11.2. The summed E-state index contributed by atoms with van der Waals surface area (Å²) in [6.45, 7) is -0.0800. The van der Waals surface area contributed by atoms with Crippen molar-refractivity contribution in [1.29, 1.82) is 0 Å². The maximum absolute atomic E-state index is 11.0. The van der Waals surface area contributed by atoms with Gasteiger partial charge in [0.1, 0.15) is 5.65 Å². The number of rotatable bonds is 4. The number of azo groups is 1. The molecule has 0 N–H and O–H groups in total. The van der Waals surface area contributed by atoms with Gasteiger partial charge < -0.3 is 9.14 Å². The Labute approximate surface area is 146 Å². The van der Waals surface area contributed by atoms with Crippen molar-refractivity contribution in [3.63, 3.8) is 0 Å². The molecule has 0 spiro atoms. The van der Waals surface area contributed by atoms with Crippen LogP contribution in [0.15, 0.2) is 59.0 Å². The summed E-state index contributed by atoms with van der Waals surface area (Å²) < 4.78 is 7.65. The quantitative estimate of drug-likeness (QED) is 0.366. The van der Waals surface area contributed by atoms with Gasteiger partial charge in [-0.05, 0) is 46.9 Å². The van der Waals surface area contributed by atoms with Crippen molar-refractivity contribution in [2.24, 2.45) is 10.2 Å². The van der Waals surface area contributed by atoms with Crippen molar-refractivity contribution >= 4 is 39.9 Å². The lowest BCUT2D eigenvalue weighted by atomic mass is 10.1. The standard InChI is InChI=1S/C16H13IN4O2/c1-23-16(22)8-18-20-13-5-2-11(3-6-13)14-10-21-9-12(17)4-7-15(21)19-14/h2-7,9-10H,8H2,1H3. The third-order valence-electron chi connectivity index (χ3n) is 3.19. The van der Waals surface area contributed by atoms with Gasteiger partial charge in [-0.1, -0.05) is 12.1 Å². The molecule has 0 atom stereocenters. The minimum Gasteiger partial charge on any atom is -0.468 e. The highest BCUT2D eigenvalue weighted by atomic mass is 127. The zero-order chi connectivity index (χ0) is 16.2. The van der Waals surface area contributed by atoms with Gasteiger partial charge in [0.25, 0.3) is 0 Å². The molecule has 0 aliphatic carbocycles. The highest BCUT2D eigenvalue weighted by Crippen LogP contribution is 2.23. The Morgan fingerprint density at radius 1 is 1.22 bits per heavy atom. The van der Waals surface area contributed by atoms with Crippen LogP contribution in [-0.4, -0.2) is 29.0 Å². The summed E-state index contributed by atoms with van der Waals surface area (Å²) in [6, 6.07) is 11.5. The summed E-state index contributed by atoms with van der Waals surface area (Å²) >= 11 is 2.27. The molecule has 0 unspecified atom stereocenters. The zero-order valence-electron chi connectivity index (χ0n) is 12.3. The summed E-state index contributed by atoms with van der Waals surface area (Å²) in [7, 11) is 1.32. The molecule has 7 heteroatoms. The van der Waals surface area contributed by atoms with Crippen LogP contribution >= 0.6 is 22.6 Å². The Hall–Kier alpha value is -2.29. The molecular formula is C16H13IN4O2. The topological polar surface area (TPSA) is 68.3 Å². The molecule has 3 rings (SSSR count). The van der Waals surface area contributed by atoms with Crippen molar-refractivity contribution in [2.75, 3.05) is 13.7 Å². The first-order valence-electron chi connectivity index (χ1n) is 6.85. The average molecular weight is 420 g/mol. The van der Waals surface area contributed by atoms with E-state index < -0.39 is 5.97 Å². The molecule has 0 amide bonds. The van der Waals surface area contributed by atoms with Crippen LogP contribution < -0.4 is 0 Å². The van der Waals surface area contributed by atoms with E-state index >= 15 is 0 Å². The van der Waals surface area contributed by atoms with Crippen molar-refractivity contribution < 1.29 is 9.53 Å². The van der Waals surface area contributed by atoms with Crippen LogP contribution in [0.25, 0.3) is 16.9 Å². The van der Waals surface area contributed by atoms with E-state index in [1.165, 1.54) is 7.11 Å². The molecule has 0 fully saturated rings. The van der Waals surface area contributed by atoms with E-state index in [0.717, 1.165) is 20.5 Å². The van der Waals surface area contributed by atoms with E-state index in [1.54, 1.807) is 0 Å². The number of imidazole rings is 1. The Kier molecular flexibility index (Phi) is 4.65. The minimum absolute atomic E-state index is 0.0800. The number of ether oxygens (including phenoxy) is 1. The lowest BCUT2D eigenvalue weighted by Gasteiger charge is -1.97. The molecule has 6 nitrogen and oxygen atoms in total. The number of fused-ring (bicyclic) bond motifs is 1. The largest absolute Gasteiger partial charge is 0.468 e. The zero-order valence-corrected chi connectivity index (χ0v) is 14.5. The maximum atomic E-state index is 11.0. The molecule has 0 bridgehead atoms. The highest BCUT2D eigenvalue weighted by molar-refractivity contribution is 14.1. The average Bonchev–Trinajstić information content (AvgIpc) is 2.98. The number of nitrogens with zero attached hydrogens (tertiary/aromatic N) is 4. The second-order valence-electron chi connectivity index (χ2n) is 4.76. The van der Waals surface area contributed by atoms with Gasteiger partial charge in [0.15, 0.2) is 6.54 Å². The molecular weight excluding hydrogens is 407 g/mol. The number of halogens is 1. The van der Waals surface area contributed by atoms with E-state index in [1.807, 2.05) is 53.2 Å². The molecule has 0 radical (unpaired) electrons. The van der Waals surface area contributed by atoms with Gasteiger partial charge in [-0.2, -0.15) is 10.2 Å². The number of benzene rings is 1. The number of aromatic nitrogens is 2. The number of esters is 1. The fourth-order valence-corrected chi connectivity index (χ4v) is 2.52. The first-order valence-corrected chi connectivity index (χ1v) is 7.92. The van der Waals surface area contributed by atoms with Crippen LogP contribution in [0.5, 0.6) is 0 Å². The van der Waals surface area contributed by atoms with Gasteiger partial charge in [0.05, 0.1) is 18.5 Å². The van der Waals surface area contributed by atoms with Crippen molar-refractivity contribution in [3.8, 4) is 11.3 Å². The molecule has 2 heterocycles. The van der Waals surface area contributed by atoms with Crippen LogP contribution in [0.1, 0.15) is 0 Å². The number of methoxy groups -OCH3 is 1. The third-order valence-corrected chi connectivity index (χ3v) is 3.83. The van der Waals surface area contributed by atoms with E-state index in [9.17, 15) is 4.79 Å². The summed E-state index contributed by atoms with van der Waals surface area (Å²) in [5.74, 6) is -0.412. The molecule has 3 aromatic rings. The van der Waals surface area contributed by atoms with Gasteiger partial charge in [-0.3, -0.25) is 0 Å². The normalized spacial score (nSPS) is 11.2. The van der Waals surface area contributed by atoms with E-state index in [2.05, 4.69) is 42.5 Å². The number of carbonyl (C=O) groups excluding carboxylic acids is 1. The van der Waals surface area contributed by atoms with Gasteiger partial charge >= 0.3 is 5.97 Å². The number of pyridine rings is 1. The monoisotopic (exact) mass is 420 g/mol. The number of hydrogen-bond acceptors (Lipinski definition) is 5. The molecule has 0 saturated heterocycles. The molecule has 0 aliphatic rings. The van der Waals surface area contributed by atoms with Gasteiger partial charge in [0, 0.05) is 21.5 Å². The SMILES string of the molecule is COC(=O)CN=Nc1ccc(-c2cn3cc(I)ccc3n2)cc1. The molecule has 2 aromatic heterocycles. The predicted molar refractivity (Wildman–Crippen MR) is 94.7 cm³/mol. The number of hydrogen-bond donors (Lipinski definition) is 0. The van der Waals surface area contributed by atoms with Crippen LogP contribution in [0.2, 0.25) is 0 Å². The Morgan fingerprint density at radius 3 is 2.74 bits per heavy atom. The molecule has 116 valence electrons. The van der Waals surface area contributed by atoms with Gasteiger partial charge in [0.2, 0.25) is 0 Å². The number of carbonyl (C=O) groups is 1. The third kappa shape index (κ3) is 3.73. The van der Waals surface area contributed by atoms with E-state index in [4.69, 9.17) is 0 Å². The Morgan fingerprint density at radius 2 is 2.00 bits per heavy atom. The summed E-state index contributed by atoms with van der Waals surface area (Å²) in [5, 5.41) is 7.77. The van der Waals surface area contributed by atoms with Crippen LogP contribution in [0.4, 0.5) is 5.69 Å². The summed E-state index contributed by atoms with van der Waals surface area (Å²) in [5.41, 5.74) is 3.47. The smallest absolute Gasteiger partial charge is 0.329 e. The molecule has 23 heavy (non-hydrogen) atoms.